The van der Waals surface area contributed by atoms with Crippen LogP contribution in [0, 0.1) is 0 Å². The maximum Gasteiger partial charge on any atom is 0.220 e. The first-order valence-corrected chi connectivity index (χ1v) is 7.76. The van der Waals surface area contributed by atoms with Gasteiger partial charge in [0.15, 0.2) is 0 Å². The summed E-state index contributed by atoms with van der Waals surface area (Å²) in [6, 6.07) is 17.1. The molecule has 2 rings (SSSR count). The Kier molecular flexibility index (Phi) is 6.44. The first-order chi connectivity index (χ1) is 10.7. The first-order valence-electron chi connectivity index (χ1n) is 7.38. The molecule has 1 unspecified atom stereocenters. The standard InChI is InChI=1S/C18H20ClNO2/c19-16-9-6-14(7-10-16)8-11-18(22)20-17(12-13-21)15-4-2-1-3-5-15/h1-7,9-10,17,21H,8,11-13H2,(H,20,22). The minimum absolute atomic E-state index is 0.0164. The fraction of sp³-hybridized carbons (Fsp3) is 0.278. The molecule has 4 heteroatoms. The summed E-state index contributed by atoms with van der Waals surface area (Å²) >= 11 is 5.84. The zero-order valence-electron chi connectivity index (χ0n) is 12.3. The number of aryl methyl sites for hydroxylation is 1. The van der Waals surface area contributed by atoms with Gasteiger partial charge in [0.05, 0.1) is 6.04 Å². The van der Waals surface area contributed by atoms with Crippen LogP contribution in [0.2, 0.25) is 5.02 Å². The van der Waals surface area contributed by atoms with Gasteiger partial charge in [-0.3, -0.25) is 4.79 Å². The summed E-state index contributed by atoms with van der Waals surface area (Å²) in [4.78, 5) is 12.1. The van der Waals surface area contributed by atoms with E-state index in [-0.39, 0.29) is 18.6 Å². The summed E-state index contributed by atoms with van der Waals surface area (Å²) < 4.78 is 0. The van der Waals surface area contributed by atoms with Gasteiger partial charge in [0, 0.05) is 18.1 Å². The molecule has 116 valence electrons. The Bertz CT molecular complexity index is 584. The number of hydrogen-bond acceptors (Lipinski definition) is 2. The first kappa shape index (κ1) is 16.5. The van der Waals surface area contributed by atoms with Gasteiger partial charge in [-0.1, -0.05) is 54.1 Å². The molecular weight excluding hydrogens is 298 g/mol. The molecule has 0 heterocycles. The van der Waals surface area contributed by atoms with Crippen molar-refractivity contribution in [2.24, 2.45) is 0 Å². The third-order valence-electron chi connectivity index (χ3n) is 3.51. The van der Waals surface area contributed by atoms with Crippen molar-refractivity contribution in [1.29, 1.82) is 0 Å². The molecule has 2 aromatic carbocycles. The number of aliphatic hydroxyl groups excluding tert-OH is 1. The van der Waals surface area contributed by atoms with Gasteiger partial charge in [-0.2, -0.15) is 0 Å². The van der Waals surface area contributed by atoms with Crippen molar-refractivity contribution in [3.63, 3.8) is 0 Å². The van der Waals surface area contributed by atoms with E-state index in [4.69, 9.17) is 11.6 Å². The Morgan fingerprint density at radius 2 is 1.77 bits per heavy atom. The molecule has 0 bridgehead atoms. The van der Waals surface area contributed by atoms with Crippen LogP contribution in [0.25, 0.3) is 0 Å². The summed E-state index contributed by atoms with van der Waals surface area (Å²) in [6.45, 7) is 0.0387. The van der Waals surface area contributed by atoms with E-state index in [1.807, 2.05) is 54.6 Å². The maximum atomic E-state index is 12.1. The second-order valence-corrected chi connectivity index (χ2v) is 5.61. The van der Waals surface area contributed by atoms with Crippen molar-refractivity contribution in [3.8, 4) is 0 Å². The molecular formula is C18H20ClNO2. The summed E-state index contributed by atoms with van der Waals surface area (Å²) in [5.41, 5.74) is 2.09. The van der Waals surface area contributed by atoms with Crippen molar-refractivity contribution < 1.29 is 9.90 Å². The van der Waals surface area contributed by atoms with Gasteiger partial charge in [0.25, 0.3) is 0 Å². The lowest BCUT2D eigenvalue weighted by atomic mass is 10.0. The van der Waals surface area contributed by atoms with Gasteiger partial charge < -0.3 is 10.4 Å². The van der Waals surface area contributed by atoms with Crippen molar-refractivity contribution in [2.75, 3.05) is 6.61 Å². The Hall–Kier alpha value is -1.84. The van der Waals surface area contributed by atoms with E-state index in [1.54, 1.807) is 0 Å². The average Bonchev–Trinajstić information content (AvgIpc) is 2.55. The van der Waals surface area contributed by atoms with E-state index in [9.17, 15) is 9.90 Å². The number of benzene rings is 2. The third-order valence-corrected chi connectivity index (χ3v) is 3.76. The summed E-state index contributed by atoms with van der Waals surface area (Å²) in [6.07, 6.45) is 1.59. The number of carbonyl (C=O) groups is 1. The minimum Gasteiger partial charge on any atom is -0.396 e. The number of carbonyl (C=O) groups excluding carboxylic acids is 1. The molecule has 2 N–H and O–H groups in total. The highest BCUT2D eigenvalue weighted by molar-refractivity contribution is 6.30. The normalized spacial score (nSPS) is 11.9. The number of hydrogen-bond donors (Lipinski definition) is 2. The van der Waals surface area contributed by atoms with Crippen LogP contribution in [0.15, 0.2) is 54.6 Å². The van der Waals surface area contributed by atoms with Gasteiger partial charge in [0.1, 0.15) is 0 Å². The molecule has 0 aliphatic heterocycles. The molecule has 0 fully saturated rings. The lowest BCUT2D eigenvalue weighted by Gasteiger charge is -2.18. The topological polar surface area (TPSA) is 49.3 Å². The molecule has 2 aromatic rings. The van der Waals surface area contributed by atoms with Crippen LogP contribution in [0.4, 0.5) is 0 Å². The Morgan fingerprint density at radius 3 is 2.41 bits per heavy atom. The van der Waals surface area contributed by atoms with Crippen molar-refractivity contribution >= 4 is 17.5 Å². The van der Waals surface area contributed by atoms with Crippen LogP contribution >= 0.6 is 11.6 Å². The molecule has 0 radical (unpaired) electrons. The summed E-state index contributed by atoms with van der Waals surface area (Å²) in [5.74, 6) is -0.0164. The Morgan fingerprint density at radius 1 is 1.09 bits per heavy atom. The van der Waals surface area contributed by atoms with Crippen LogP contribution in [0.3, 0.4) is 0 Å². The van der Waals surface area contributed by atoms with E-state index in [2.05, 4.69) is 5.32 Å². The zero-order valence-corrected chi connectivity index (χ0v) is 13.1. The van der Waals surface area contributed by atoms with Crippen LogP contribution < -0.4 is 5.32 Å². The third kappa shape index (κ3) is 5.17. The van der Waals surface area contributed by atoms with Gasteiger partial charge in [-0.15, -0.1) is 0 Å². The predicted molar refractivity (Wildman–Crippen MR) is 88.8 cm³/mol. The minimum atomic E-state index is -0.149. The van der Waals surface area contributed by atoms with E-state index >= 15 is 0 Å². The second kappa shape index (κ2) is 8.57. The molecule has 22 heavy (non-hydrogen) atoms. The summed E-state index contributed by atoms with van der Waals surface area (Å²) in [5, 5.41) is 12.9. The zero-order chi connectivity index (χ0) is 15.8. The molecule has 1 atom stereocenters. The lowest BCUT2D eigenvalue weighted by molar-refractivity contribution is -0.121. The van der Waals surface area contributed by atoms with Gasteiger partial charge >= 0.3 is 0 Å². The maximum absolute atomic E-state index is 12.1. The molecule has 3 nitrogen and oxygen atoms in total. The monoisotopic (exact) mass is 317 g/mol. The Labute approximate surface area is 135 Å². The average molecular weight is 318 g/mol. The smallest absolute Gasteiger partial charge is 0.220 e. The lowest BCUT2D eigenvalue weighted by Crippen LogP contribution is -2.29. The fourth-order valence-electron chi connectivity index (χ4n) is 2.31. The van der Waals surface area contributed by atoms with Crippen LogP contribution in [0.5, 0.6) is 0 Å². The van der Waals surface area contributed by atoms with E-state index in [1.165, 1.54) is 0 Å². The quantitative estimate of drug-likeness (QED) is 0.821. The molecule has 0 spiro atoms. The van der Waals surface area contributed by atoms with Crippen LogP contribution in [-0.2, 0) is 11.2 Å². The van der Waals surface area contributed by atoms with Gasteiger partial charge in [-0.25, -0.2) is 0 Å². The van der Waals surface area contributed by atoms with Crippen molar-refractivity contribution in [2.45, 2.75) is 25.3 Å². The molecule has 0 aromatic heterocycles. The number of nitrogens with one attached hydrogen (secondary N) is 1. The highest BCUT2D eigenvalue weighted by Crippen LogP contribution is 2.17. The van der Waals surface area contributed by atoms with E-state index < -0.39 is 0 Å². The van der Waals surface area contributed by atoms with E-state index in [0.717, 1.165) is 11.1 Å². The van der Waals surface area contributed by atoms with Gasteiger partial charge in [0.2, 0.25) is 5.91 Å². The van der Waals surface area contributed by atoms with Crippen molar-refractivity contribution in [1.82, 2.24) is 5.32 Å². The van der Waals surface area contributed by atoms with Crippen molar-refractivity contribution in [3.05, 3.63) is 70.7 Å². The van der Waals surface area contributed by atoms with E-state index in [0.29, 0.717) is 24.3 Å². The highest BCUT2D eigenvalue weighted by atomic mass is 35.5. The highest BCUT2D eigenvalue weighted by Gasteiger charge is 2.13. The number of halogens is 1. The number of rotatable bonds is 7. The molecule has 0 aliphatic carbocycles. The predicted octanol–water partition coefficient (Wildman–Crippen LogP) is 3.51. The van der Waals surface area contributed by atoms with Crippen LogP contribution in [0.1, 0.15) is 30.0 Å². The largest absolute Gasteiger partial charge is 0.396 e. The number of aliphatic hydroxyl groups is 1. The molecule has 0 aliphatic rings. The van der Waals surface area contributed by atoms with Gasteiger partial charge in [-0.05, 0) is 36.1 Å². The summed E-state index contributed by atoms with van der Waals surface area (Å²) in [7, 11) is 0. The molecule has 0 saturated carbocycles. The van der Waals surface area contributed by atoms with Crippen LogP contribution in [-0.4, -0.2) is 17.6 Å². The second-order valence-electron chi connectivity index (χ2n) is 5.17. The molecule has 0 saturated heterocycles. The Balaban J connectivity index is 1.89. The fourth-order valence-corrected chi connectivity index (χ4v) is 2.44. The SMILES string of the molecule is O=C(CCc1ccc(Cl)cc1)NC(CCO)c1ccccc1. The molecule has 1 amide bonds. The number of amides is 1.